The molecule has 0 bridgehead atoms. The largest absolute Gasteiger partial charge is 0.343 e. The fourth-order valence-electron chi connectivity index (χ4n) is 2.78. The van der Waals surface area contributed by atoms with E-state index < -0.39 is 0 Å². The van der Waals surface area contributed by atoms with Crippen LogP contribution in [0.2, 0.25) is 5.15 Å². The monoisotopic (exact) mass is 257 g/mol. The van der Waals surface area contributed by atoms with Gasteiger partial charge in [0.25, 0.3) is 0 Å². The number of pyridine rings is 1. The van der Waals surface area contributed by atoms with Gasteiger partial charge in [-0.1, -0.05) is 11.6 Å². The van der Waals surface area contributed by atoms with Crippen molar-refractivity contribution in [1.82, 2.24) is 9.55 Å². The maximum atomic E-state index is 9.30. The van der Waals surface area contributed by atoms with Crippen LogP contribution < -0.4 is 0 Å². The number of aromatic nitrogens is 2. The molecule has 0 fully saturated rings. The van der Waals surface area contributed by atoms with Crippen molar-refractivity contribution in [3.63, 3.8) is 0 Å². The lowest BCUT2D eigenvalue weighted by atomic mass is 10.1. The molecular weight excluding hydrogens is 246 g/mol. The van der Waals surface area contributed by atoms with E-state index in [-0.39, 0.29) is 0 Å². The van der Waals surface area contributed by atoms with E-state index in [1.54, 1.807) is 6.20 Å². The third-order valence-corrected chi connectivity index (χ3v) is 3.84. The minimum absolute atomic E-state index is 0.497. The highest BCUT2D eigenvalue weighted by molar-refractivity contribution is 6.32. The zero-order chi connectivity index (χ0) is 12.7. The molecule has 0 atom stereocenters. The number of rotatable bonds is 1. The number of halogens is 1. The molecule has 0 saturated heterocycles. The number of fused-ring (bicyclic) bond motifs is 1. The summed E-state index contributed by atoms with van der Waals surface area (Å²) in [6.45, 7) is 2.95. The van der Waals surface area contributed by atoms with E-state index >= 15 is 0 Å². The lowest BCUT2D eigenvalue weighted by Crippen LogP contribution is -1.97. The summed E-state index contributed by atoms with van der Waals surface area (Å²) in [5.74, 6) is 0. The summed E-state index contributed by atoms with van der Waals surface area (Å²) in [5, 5.41) is 9.80. The van der Waals surface area contributed by atoms with Crippen molar-refractivity contribution >= 4 is 11.6 Å². The average molecular weight is 258 g/mol. The van der Waals surface area contributed by atoms with E-state index in [0.717, 1.165) is 47.5 Å². The highest BCUT2D eigenvalue weighted by atomic mass is 35.5. The Bertz CT molecular complexity index is 664. The van der Waals surface area contributed by atoms with Crippen LogP contribution in [0.15, 0.2) is 18.3 Å². The van der Waals surface area contributed by atoms with Crippen LogP contribution in [0.1, 0.15) is 23.2 Å². The summed E-state index contributed by atoms with van der Waals surface area (Å²) in [7, 11) is 0. The van der Waals surface area contributed by atoms with Crippen molar-refractivity contribution in [3.8, 4) is 17.3 Å². The second-order valence-electron chi connectivity index (χ2n) is 4.50. The van der Waals surface area contributed by atoms with Gasteiger partial charge in [0, 0.05) is 24.0 Å². The van der Waals surface area contributed by atoms with Crippen molar-refractivity contribution in [1.29, 1.82) is 5.26 Å². The molecule has 1 aliphatic rings. The van der Waals surface area contributed by atoms with Crippen molar-refractivity contribution in [2.45, 2.75) is 26.3 Å². The molecule has 3 nitrogen and oxygen atoms in total. The zero-order valence-corrected chi connectivity index (χ0v) is 10.8. The molecular formula is C14H12ClN3. The Balaban J connectivity index is 2.32. The van der Waals surface area contributed by atoms with Crippen LogP contribution in [0.25, 0.3) is 11.3 Å². The minimum Gasteiger partial charge on any atom is -0.343 e. The molecule has 0 aromatic carbocycles. The molecule has 0 aliphatic carbocycles. The molecule has 4 heteroatoms. The Labute approximate surface area is 111 Å². The summed E-state index contributed by atoms with van der Waals surface area (Å²) in [6, 6.07) is 6.16. The third kappa shape index (κ3) is 1.46. The minimum atomic E-state index is 0.497. The van der Waals surface area contributed by atoms with Gasteiger partial charge in [0.05, 0.1) is 11.3 Å². The SMILES string of the molecule is Cc1c(C#N)c2n(c1-c1cccnc1Cl)CCC2. The summed E-state index contributed by atoms with van der Waals surface area (Å²) >= 11 is 6.18. The summed E-state index contributed by atoms with van der Waals surface area (Å²) < 4.78 is 2.22. The van der Waals surface area contributed by atoms with E-state index in [0.29, 0.717) is 5.15 Å². The van der Waals surface area contributed by atoms with Gasteiger partial charge >= 0.3 is 0 Å². The third-order valence-electron chi connectivity index (χ3n) is 3.54. The zero-order valence-electron chi connectivity index (χ0n) is 10.1. The Morgan fingerprint density at radius 2 is 2.33 bits per heavy atom. The van der Waals surface area contributed by atoms with Crippen LogP contribution in [0.5, 0.6) is 0 Å². The van der Waals surface area contributed by atoms with Crippen LogP contribution in [-0.4, -0.2) is 9.55 Å². The first-order chi connectivity index (χ1) is 8.74. The maximum absolute atomic E-state index is 9.30. The van der Waals surface area contributed by atoms with Crippen LogP contribution in [0, 0.1) is 18.3 Å². The highest BCUT2D eigenvalue weighted by Gasteiger charge is 2.25. The molecule has 0 saturated carbocycles. The molecule has 2 aromatic rings. The first-order valence-electron chi connectivity index (χ1n) is 5.97. The summed E-state index contributed by atoms with van der Waals surface area (Å²) in [4.78, 5) is 4.13. The summed E-state index contributed by atoms with van der Waals surface area (Å²) in [5.41, 5.74) is 4.94. The first-order valence-corrected chi connectivity index (χ1v) is 6.34. The number of hydrogen-bond donors (Lipinski definition) is 0. The smallest absolute Gasteiger partial charge is 0.138 e. The number of nitriles is 1. The van der Waals surface area contributed by atoms with Crippen LogP contribution in [0.4, 0.5) is 0 Å². The molecule has 0 radical (unpaired) electrons. The lowest BCUT2D eigenvalue weighted by Gasteiger charge is -2.08. The quantitative estimate of drug-likeness (QED) is 0.736. The van der Waals surface area contributed by atoms with Crippen molar-refractivity contribution < 1.29 is 0 Å². The number of hydrogen-bond acceptors (Lipinski definition) is 2. The standard InChI is InChI=1S/C14H12ClN3/c1-9-11(8-16)12-5-3-7-18(12)13(9)10-4-2-6-17-14(10)15/h2,4,6H,3,5,7H2,1H3. The van der Waals surface area contributed by atoms with E-state index in [1.165, 1.54) is 0 Å². The molecule has 2 aromatic heterocycles. The van der Waals surface area contributed by atoms with Gasteiger partial charge < -0.3 is 4.57 Å². The molecule has 1 aliphatic heterocycles. The first kappa shape index (κ1) is 11.3. The Morgan fingerprint density at radius 1 is 1.50 bits per heavy atom. The predicted molar refractivity (Wildman–Crippen MR) is 70.4 cm³/mol. The molecule has 90 valence electrons. The lowest BCUT2D eigenvalue weighted by molar-refractivity contribution is 0.754. The van der Waals surface area contributed by atoms with Crippen molar-refractivity contribution in [3.05, 3.63) is 40.3 Å². The van der Waals surface area contributed by atoms with Gasteiger partial charge in [0.2, 0.25) is 0 Å². The molecule has 0 N–H and O–H groups in total. The average Bonchev–Trinajstić information content (AvgIpc) is 2.90. The molecule has 3 heterocycles. The molecule has 0 spiro atoms. The van der Waals surface area contributed by atoms with E-state index in [2.05, 4.69) is 15.6 Å². The van der Waals surface area contributed by atoms with Crippen LogP contribution in [0.3, 0.4) is 0 Å². The molecule has 0 amide bonds. The number of nitrogens with zero attached hydrogens (tertiary/aromatic N) is 3. The fourth-order valence-corrected chi connectivity index (χ4v) is 2.99. The Kier molecular flexibility index (Phi) is 2.61. The summed E-state index contributed by atoms with van der Waals surface area (Å²) in [6.07, 6.45) is 3.75. The molecule has 18 heavy (non-hydrogen) atoms. The van der Waals surface area contributed by atoms with Gasteiger partial charge in [0.1, 0.15) is 11.2 Å². The van der Waals surface area contributed by atoms with Gasteiger partial charge in [0.15, 0.2) is 0 Å². The van der Waals surface area contributed by atoms with Crippen LogP contribution >= 0.6 is 11.6 Å². The van der Waals surface area contributed by atoms with Gasteiger partial charge in [-0.05, 0) is 37.5 Å². The van der Waals surface area contributed by atoms with E-state index in [1.807, 2.05) is 19.1 Å². The Hall–Kier alpha value is -1.79. The molecule has 0 unspecified atom stereocenters. The van der Waals surface area contributed by atoms with E-state index in [9.17, 15) is 5.26 Å². The predicted octanol–water partition coefficient (Wildman–Crippen LogP) is 3.33. The Morgan fingerprint density at radius 3 is 3.06 bits per heavy atom. The van der Waals surface area contributed by atoms with E-state index in [4.69, 9.17) is 11.6 Å². The molecule has 3 rings (SSSR count). The second-order valence-corrected chi connectivity index (χ2v) is 4.86. The second kappa shape index (κ2) is 4.15. The van der Waals surface area contributed by atoms with Gasteiger partial charge in [-0.3, -0.25) is 0 Å². The highest BCUT2D eigenvalue weighted by Crippen LogP contribution is 2.37. The van der Waals surface area contributed by atoms with Crippen molar-refractivity contribution in [2.75, 3.05) is 0 Å². The topological polar surface area (TPSA) is 41.6 Å². The maximum Gasteiger partial charge on any atom is 0.138 e. The van der Waals surface area contributed by atoms with Crippen LogP contribution in [-0.2, 0) is 13.0 Å². The van der Waals surface area contributed by atoms with Crippen molar-refractivity contribution in [2.24, 2.45) is 0 Å². The van der Waals surface area contributed by atoms with Gasteiger partial charge in [-0.2, -0.15) is 5.26 Å². The van der Waals surface area contributed by atoms with Gasteiger partial charge in [-0.15, -0.1) is 0 Å². The fraction of sp³-hybridized carbons (Fsp3) is 0.286. The normalized spacial score (nSPS) is 13.4. The van der Waals surface area contributed by atoms with Gasteiger partial charge in [-0.25, -0.2) is 4.98 Å².